The number of pyridine rings is 1. The number of hydrazine groups is 1. The third kappa shape index (κ3) is 3.15. The highest BCUT2D eigenvalue weighted by Gasteiger charge is 2.20. The van der Waals surface area contributed by atoms with Crippen LogP contribution in [0.3, 0.4) is 0 Å². The molecule has 1 amide bonds. The van der Waals surface area contributed by atoms with Crippen LogP contribution < -0.4 is 16.2 Å². The third-order valence-electron chi connectivity index (χ3n) is 3.21. The molecule has 1 heterocycles. The van der Waals surface area contributed by atoms with Crippen molar-refractivity contribution in [3.63, 3.8) is 0 Å². The molecule has 2 rings (SSSR count). The Morgan fingerprint density at radius 2 is 2.00 bits per heavy atom. The molecule has 0 aliphatic rings. The molecule has 6 heteroatoms. The molecule has 0 bridgehead atoms. The van der Waals surface area contributed by atoms with E-state index >= 15 is 0 Å². The van der Waals surface area contributed by atoms with E-state index in [4.69, 9.17) is 17.4 Å². The molecule has 0 saturated carbocycles. The van der Waals surface area contributed by atoms with Crippen molar-refractivity contribution in [2.24, 2.45) is 5.84 Å². The number of carbonyl (C=O) groups is 1. The number of nitrogens with one attached hydrogen (secondary N) is 1. The SMILES string of the molecule is Cc1ccc(N(C)C(=O)c2nc(NN)ccc2Cl)c(C)c1. The Morgan fingerprint density at radius 1 is 1.29 bits per heavy atom. The highest BCUT2D eigenvalue weighted by Crippen LogP contribution is 2.24. The first-order valence-electron chi connectivity index (χ1n) is 6.42. The molecule has 0 radical (unpaired) electrons. The lowest BCUT2D eigenvalue weighted by atomic mass is 10.1. The first kappa shape index (κ1) is 15.3. The zero-order chi connectivity index (χ0) is 15.6. The van der Waals surface area contributed by atoms with Crippen LogP contribution in [-0.2, 0) is 0 Å². The number of aryl methyl sites for hydroxylation is 2. The number of nitrogens with zero attached hydrogens (tertiary/aromatic N) is 2. The van der Waals surface area contributed by atoms with Gasteiger partial charge >= 0.3 is 0 Å². The molecule has 3 N–H and O–H groups in total. The van der Waals surface area contributed by atoms with E-state index < -0.39 is 0 Å². The lowest BCUT2D eigenvalue weighted by Crippen LogP contribution is -2.28. The molecule has 0 saturated heterocycles. The second-order valence-electron chi connectivity index (χ2n) is 4.83. The summed E-state index contributed by atoms with van der Waals surface area (Å²) in [7, 11) is 1.69. The highest BCUT2D eigenvalue weighted by molar-refractivity contribution is 6.34. The Kier molecular flexibility index (Phi) is 4.45. The minimum atomic E-state index is -0.288. The molecule has 110 valence electrons. The second kappa shape index (κ2) is 6.11. The number of rotatable bonds is 3. The summed E-state index contributed by atoms with van der Waals surface area (Å²) >= 11 is 6.07. The number of halogens is 1. The van der Waals surface area contributed by atoms with E-state index in [0.29, 0.717) is 5.82 Å². The minimum absolute atomic E-state index is 0.162. The predicted molar refractivity (Wildman–Crippen MR) is 85.7 cm³/mol. The van der Waals surface area contributed by atoms with Gasteiger partial charge in [0.2, 0.25) is 0 Å². The summed E-state index contributed by atoms with van der Waals surface area (Å²) in [6.07, 6.45) is 0. The van der Waals surface area contributed by atoms with Gasteiger partial charge in [0.15, 0.2) is 0 Å². The molecule has 0 aliphatic carbocycles. The summed E-state index contributed by atoms with van der Waals surface area (Å²) in [5.41, 5.74) is 5.53. The van der Waals surface area contributed by atoms with E-state index in [9.17, 15) is 4.79 Å². The average molecular weight is 305 g/mol. The van der Waals surface area contributed by atoms with Crippen LogP contribution in [0, 0.1) is 13.8 Å². The van der Waals surface area contributed by atoms with Crippen LogP contribution in [0.25, 0.3) is 0 Å². The molecule has 1 aromatic heterocycles. The molecule has 0 atom stereocenters. The number of hydrogen-bond acceptors (Lipinski definition) is 4. The zero-order valence-electron chi connectivity index (χ0n) is 12.1. The fraction of sp³-hybridized carbons (Fsp3) is 0.200. The Hall–Kier alpha value is -2.11. The number of hydrogen-bond donors (Lipinski definition) is 2. The number of nitrogen functional groups attached to an aromatic ring is 1. The van der Waals surface area contributed by atoms with E-state index in [1.165, 1.54) is 4.90 Å². The zero-order valence-corrected chi connectivity index (χ0v) is 12.9. The molecular weight excluding hydrogens is 288 g/mol. The maximum absolute atomic E-state index is 12.6. The second-order valence-corrected chi connectivity index (χ2v) is 5.23. The van der Waals surface area contributed by atoms with E-state index in [-0.39, 0.29) is 16.6 Å². The summed E-state index contributed by atoms with van der Waals surface area (Å²) in [5.74, 6) is 5.41. The van der Waals surface area contributed by atoms with Gasteiger partial charge in [0.05, 0.1) is 5.02 Å². The van der Waals surface area contributed by atoms with Crippen molar-refractivity contribution in [1.82, 2.24) is 4.98 Å². The lowest BCUT2D eigenvalue weighted by Gasteiger charge is -2.20. The number of aromatic nitrogens is 1. The highest BCUT2D eigenvalue weighted by atomic mass is 35.5. The van der Waals surface area contributed by atoms with E-state index in [0.717, 1.165) is 16.8 Å². The van der Waals surface area contributed by atoms with Crippen molar-refractivity contribution in [2.75, 3.05) is 17.4 Å². The Labute approximate surface area is 128 Å². The Balaban J connectivity index is 2.39. The molecule has 1 aromatic carbocycles. The largest absolute Gasteiger partial charge is 0.310 e. The van der Waals surface area contributed by atoms with Crippen molar-refractivity contribution in [2.45, 2.75) is 13.8 Å². The molecule has 0 unspecified atom stereocenters. The molecule has 0 spiro atoms. The molecule has 5 nitrogen and oxygen atoms in total. The summed E-state index contributed by atoms with van der Waals surface area (Å²) < 4.78 is 0. The normalized spacial score (nSPS) is 10.3. The van der Waals surface area contributed by atoms with Crippen LogP contribution in [-0.4, -0.2) is 17.9 Å². The fourth-order valence-corrected chi connectivity index (χ4v) is 2.31. The lowest BCUT2D eigenvalue weighted by molar-refractivity contribution is 0.0988. The number of nitrogens with two attached hydrogens (primary N) is 1. The van der Waals surface area contributed by atoms with Gasteiger partial charge in [0.1, 0.15) is 11.5 Å². The maximum atomic E-state index is 12.6. The first-order valence-corrected chi connectivity index (χ1v) is 6.80. The van der Waals surface area contributed by atoms with Crippen molar-refractivity contribution in [1.29, 1.82) is 0 Å². The topological polar surface area (TPSA) is 71.2 Å². The summed E-state index contributed by atoms with van der Waals surface area (Å²) in [6.45, 7) is 3.96. The van der Waals surface area contributed by atoms with E-state index in [1.54, 1.807) is 19.2 Å². The number of carbonyl (C=O) groups excluding carboxylic acids is 1. The summed E-state index contributed by atoms with van der Waals surface area (Å²) in [4.78, 5) is 18.2. The number of anilines is 2. The van der Waals surface area contributed by atoms with Gasteiger partial charge in [-0.15, -0.1) is 0 Å². The monoisotopic (exact) mass is 304 g/mol. The molecule has 2 aromatic rings. The van der Waals surface area contributed by atoms with Gasteiger partial charge in [-0.2, -0.15) is 0 Å². The van der Waals surface area contributed by atoms with Crippen molar-refractivity contribution < 1.29 is 4.79 Å². The standard InChI is InChI=1S/C15H17ClN4O/c1-9-4-6-12(10(2)8-9)20(3)15(21)14-11(16)5-7-13(18-14)19-17/h4-8H,17H2,1-3H3,(H,18,19). The Morgan fingerprint density at radius 3 is 2.62 bits per heavy atom. The van der Waals surface area contributed by atoms with Crippen molar-refractivity contribution in [3.8, 4) is 0 Å². The first-order chi connectivity index (χ1) is 9.93. The van der Waals surface area contributed by atoms with Crippen molar-refractivity contribution in [3.05, 3.63) is 52.2 Å². The van der Waals surface area contributed by atoms with Crippen LogP contribution in [0.5, 0.6) is 0 Å². The predicted octanol–water partition coefficient (Wildman–Crippen LogP) is 2.91. The van der Waals surface area contributed by atoms with Crippen LogP contribution in [0.15, 0.2) is 30.3 Å². The fourth-order valence-electron chi connectivity index (χ4n) is 2.12. The van der Waals surface area contributed by atoms with Crippen LogP contribution in [0.4, 0.5) is 11.5 Å². The van der Waals surface area contributed by atoms with Gasteiger partial charge < -0.3 is 10.3 Å². The number of amides is 1. The average Bonchev–Trinajstić information content (AvgIpc) is 2.46. The van der Waals surface area contributed by atoms with Gasteiger partial charge in [0, 0.05) is 12.7 Å². The smallest absolute Gasteiger partial charge is 0.278 e. The van der Waals surface area contributed by atoms with Crippen LogP contribution in [0.1, 0.15) is 21.6 Å². The van der Waals surface area contributed by atoms with Crippen molar-refractivity contribution >= 4 is 29.0 Å². The van der Waals surface area contributed by atoms with Gasteiger partial charge in [-0.25, -0.2) is 10.8 Å². The molecule has 0 fully saturated rings. The maximum Gasteiger partial charge on any atom is 0.278 e. The van der Waals surface area contributed by atoms with Gasteiger partial charge in [0.25, 0.3) is 5.91 Å². The van der Waals surface area contributed by atoms with Gasteiger partial charge in [-0.3, -0.25) is 4.79 Å². The summed E-state index contributed by atoms with van der Waals surface area (Å²) in [5, 5.41) is 0.288. The minimum Gasteiger partial charge on any atom is -0.310 e. The third-order valence-corrected chi connectivity index (χ3v) is 3.52. The number of benzene rings is 1. The molecule has 21 heavy (non-hydrogen) atoms. The van der Waals surface area contributed by atoms with Gasteiger partial charge in [-0.05, 0) is 37.6 Å². The molecule has 0 aliphatic heterocycles. The van der Waals surface area contributed by atoms with E-state index in [1.807, 2.05) is 32.0 Å². The summed E-state index contributed by atoms with van der Waals surface area (Å²) in [6, 6.07) is 9.08. The molecular formula is C15H17ClN4O. The van der Waals surface area contributed by atoms with Gasteiger partial charge in [-0.1, -0.05) is 29.3 Å². The Bertz CT molecular complexity index is 687. The van der Waals surface area contributed by atoms with E-state index in [2.05, 4.69) is 10.4 Å². The quantitative estimate of drug-likeness (QED) is 0.675. The van der Waals surface area contributed by atoms with Crippen LogP contribution in [0.2, 0.25) is 5.02 Å². The van der Waals surface area contributed by atoms with Crippen LogP contribution >= 0.6 is 11.6 Å².